The van der Waals surface area contributed by atoms with Crippen LogP contribution in [0.25, 0.3) is 0 Å². The van der Waals surface area contributed by atoms with Gasteiger partial charge in [-0.25, -0.2) is 4.98 Å². The van der Waals surface area contributed by atoms with E-state index in [1.54, 1.807) is 0 Å². The molecule has 28 heavy (non-hydrogen) atoms. The van der Waals surface area contributed by atoms with Crippen LogP contribution in [-0.2, 0) is 4.79 Å². The van der Waals surface area contributed by atoms with Gasteiger partial charge in [-0.15, -0.1) is 0 Å². The van der Waals surface area contributed by atoms with Crippen molar-refractivity contribution < 1.29 is 4.79 Å². The number of anilines is 1. The molecule has 4 aliphatic rings. The van der Waals surface area contributed by atoms with Crippen molar-refractivity contribution in [3.63, 3.8) is 0 Å². The van der Waals surface area contributed by atoms with Crippen LogP contribution in [0.1, 0.15) is 37.7 Å². The topological polar surface area (TPSA) is 72.5 Å². The summed E-state index contributed by atoms with van der Waals surface area (Å²) < 4.78 is 0. The number of pyridine rings is 1. The summed E-state index contributed by atoms with van der Waals surface area (Å²) in [7, 11) is 0. The molecule has 5 rings (SSSR count). The van der Waals surface area contributed by atoms with Gasteiger partial charge in [0.1, 0.15) is 5.82 Å². The quantitative estimate of drug-likeness (QED) is 0.713. The molecule has 1 amide bonds. The first kappa shape index (κ1) is 18.3. The molecule has 4 heterocycles. The molecular weight excluding hydrogens is 352 g/mol. The van der Waals surface area contributed by atoms with Gasteiger partial charge in [-0.3, -0.25) is 15.6 Å². The number of carbonyl (C=O) groups is 1. The average molecular weight is 385 g/mol. The van der Waals surface area contributed by atoms with Gasteiger partial charge in [-0.05, 0) is 55.7 Å². The monoisotopic (exact) mass is 384 g/mol. The maximum Gasteiger partial charge on any atom is 0.228 e. The summed E-state index contributed by atoms with van der Waals surface area (Å²) in [5.74, 6) is 2.62. The predicted octanol–water partition coefficient (Wildman–Crippen LogP) is 0.698. The van der Waals surface area contributed by atoms with E-state index in [4.69, 9.17) is 0 Å². The van der Waals surface area contributed by atoms with E-state index in [2.05, 4.69) is 50.0 Å². The third-order valence-electron chi connectivity index (χ3n) is 7.38. The van der Waals surface area contributed by atoms with Crippen LogP contribution in [0.4, 0.5) is 5.82 Å². The molecule has 152 valence electrons. The van der Waals surface area contributed by atoms with Crippen molar-refractivity contribution in [2.45, 2.75) is 44.2 Å². The lowest BCUT2D eigenvalue weighted by molar-refractivity contribution is -0.146. The molecular formula is C21H32N6O. The molecule has 0 radical (unpaired) electrons. The molecule has 3 N–H and O–H groups in total. The molecule has 3 aliphatic heterocycles. The Morgan fingerprint density at radius 3 is 2.93 bits per heavy atom. The Bertz CT molecular complexity index is 721. The number of piperazine rings is 1. The minimum atomic E-state index is 0.109. The van der Waals surface area contributed by atoms with Crippen molar-refractivity contribution in [2.75, 3.05) is 44.2 Å². The fraction of sp³-hybridized carbons (Fsp3) is 0.714. The first-order valence-corrected chi connectivity index (χ1v) is 11.0. The summed E-state index contributed by atoms with van der Waals surface area (Å²) in [5.41, 5.74) is 8.06. The Morgan fingerprint density at radius 2 is 2.11 bits per heavy atom. The lowest BCUT2D eigenvalue weighted by Gasteiger charge is -2.50. The molecule has 1 aromatic heterocycles. The van der Waals surface area contributed by atoms with Crippen LogP contribution in [0.3, 0.4) is 0 Å². The molecule has 1 saturated carbocycles. The Kier molecular flexibility index (Phi) is 4.99. The van der Waals surface area contributed by atoms with Gasteiger partial charge in [0.15, 0.2) is 0 Å². The number of amides is 1. The summed E-state index contributed by atoms with van der Waals surface area (Å²) in [4.78, 5) is 22.2. The average Bonchev–Trinajstić information content (AvgIpc) is 3.25. The first-order valence-electron chi connectivity index (χ1n) is 11.0. The maximum absolute atomic E-state index is 13.0. The molecule has 7 heteroatoms. The number of carbonyl (C=O) groups excluding carboxylic acids is 1. The largest absolute Gasteiger partial charge is 0.354 e. The van der Waals surface area contributed by atoms with E-state index in [1.165, 1.54) is 18.4 Å². The Hall–Kier alpha value is -1.70. The maximum atomic E-state index is 13.0. The number of nitrogens with zero attached hydrogens (tertiary/aromatic N) is 3. The predicted molar refractivity (Wildman–Crippen MR) is 109 cm³/mol. The van der Waals surface area contributed by atoms with Crippen molar-refractivity contribution in [3.05, 3.63) is 23.9 Å². The minimum absolute atomic E-state index is 0.109. The van der Waals surface area contributed by atoms with Crippen LogP contribution >= 0.6 is 0 Å². The van der Waals surface area contributed by atoms with Crippen molar-refractivity contribution in [1.29, 1.82) is 0 Å². The van der Waals surface area contributed by atoms with Crippen LogP contribution in [0.15, 0.2) is 18.3 Å². The molecule has 4 fully saturated rings. The molecule has 1 aromatic rings. The molecule has 5 unspecified atom stereocenters. The molecule has 1 aliphatic carbocycles. The van der Waals surface area contributed by atoms with E-state index in [0.717, 1.165) is 51.5 Å². The van der Waals surface area contributed by atoms with E-state index in [-0.39, 0.29) is 5.92 Å². The minimum Gasteiger partial charge on any atom is -0.354 e. The number of rotatable bonds is 3. The number of likely N-dealkylation sites (tertiary alicyclic amines) is 1. The van der Waals surface area contributed by atoms with Gasteiger partial charge in [0.2, 0.25) is 5.91 Å². The number of hydrazine groups is 1. The third-order valence-corrected chi connectivity index (χ3v) is 7.38. The lowest BCUT2D eigenvalue weighted by Crippen LogP contribution is -2.61. The summed E-state index contributed by atoms with van der Waals surface area (Å²) >= 11 is 0. The van der Waals surface area contributed by atoms with Crippen molar-refractivity contribution in [3.8, 4) is 0 Å². The summed E-state index contributed by atoms with van der Waals surface area (Å²) in [6.07, 6.45) is 5.42. The SMILES string of the molecule is CCN1C(=O)C2CNNC2C2CCC(c3ccnc(N4CCNCC4)c3)CC21. The van der Waals surface area contributed by atoms with Gasteiger partial charge in [0.25, 0.3) is 0 Å². The van der Waals surface area contributed by atoms with Crippen molar-refractivity contribution >= 4 is 11.7 Å². The number of hydrogen-bond acceptors (Lipinski definition) is 6. The summed E-state index contributed by atoms with van der Waals surface area (Å²) in [5, 5.41) is 3.41. The van der Waals surface area contributed by atoms with E-state index in [0.29, 0.717) is 29.8 Å². The molecule has 0 aromatic carbocycles. The zero-order valence-corrected chi connectivity index (χ0v) is 16.7. The number of aromatic nitrogens is 1. The lowest BCUT2D eigenvalue weighted by atomic mass is 9.67. The second-order valence-corrected chi connectivity index (χ2v) is 8.71. The number of hydrogen-bond donors (Lipinski definition) is 3. The van der Waals surface area contributed by atoms with Crippen LogP contribution in [0.5, 0.6) is 0 Å². The number of nitrogens with one attached hydrogen (secondary N) is 3. The van der Waals surface area contributed by atoms with Crippen LogP contribution < -0.4 is 21.1 Å². The Morgan fingerprint density at radius 1 is 1.25 bits per heavy atom. The highest BCUT2D eigenvalue weighted by atomic mass is 16.2. The molecule has 7 nitrogen and oxygen atoms in total. The highest BCUT2D eigenvalue weighted by molar-refractivity contribution is 5.81. The van der Waals surface area contributed by atoms with E-state index < -0.39 is 0 Å². The second-order valence-electron chi connectivity index (χ2n) is 8.71. The Balaban J connectivity index is 1.36. The zero-order chi connectivity index (χ0) is 19.1. The molecule has 0 bridgehead atoms. The number of fused-ring (bicyclic) bond motifs is 3. The normalized spacial score (nSPS) is 35.6. The van der Waals surface area contributed by atoms with Gasteiger partial charge >= 0.3 is 0 Å². The van der Waals surface area contributed by atoms with Crippen molar-refractivity contribution in [1.82, 2.24) is 26.1 Å². The van der Waals surface area contributed by atoms with Crippen LogP contribution in [0, 0.1) is 11.8 Å². The van der Waals surface area contributed by atoms with Crippen LogP contribution in [0.2, 0.25) is 0 Å². The van der Waals surface area contributed by atoms with E-state index in [1.807, 2.05) is 6.20 Å². The third kappa shape index (κ3) is 3.09. The zero-order valence-electron chi connectivity index (χ0n) is 16.7. The second kappa shape index (κ2) is 7.61. The highest BCUT2D eigenvalue weighted by Crippen LogP contribution is 2.44. The van der Waals surface area contributed by atoms with E-state index >= 15 is 0 Å². The van der Waals surface area contributed by atoms with Gasteiger partial charge in [-0.2, -0.15) is 0 Å². The van der Waals surface area contributed by atoms with Gasteiger partial charge < -0.3 is 15.1 Å². The van der Waals surface area contributed by atoms with Crippen molar-refractivity contribution in [2.24, 2.45) is 11.8 Å². The van der Waals surface area contributed by atoms with Gasteiger partial charge in [-0.1, -0.05) is 0 Å². The fourth-order valence-corrected chi connectivity index (χ4v) is 5.93. The first-order chi connectivity index (χ1) is 13.8. The molecule has 5 atom stereocenters. The van der Waals surface area contributed by atoms with Gasteiger partial charge in [0.05, 0.1) is 5.92 Å². The highest BCUT2D eigenvalue weighted by Gasteiger charge is 2.51. The summed E-state index contributed by atoms with van der Waals surface area (Å²) in [6, 6.07) is 5.14. The van der Waals surface area contributed by atoms with Gasteiger partial charge in [0, 0.05) is 57.5 Å². The Labute approximate surface area is 167 Å². The smallest absolute Gasteiger partial charge is 0.228 e. The number of piperidine rings is 1. The standard InChI is InChI=1S/C21H32N6O/c1-2-27-18-11-14(3-4-16(18)20-17(21(27)28)13-24-25-20)15-5-6-23-19(12-15)26-9-7-22-8-10-26/h5-6,12,14,16-18,20,22,24-25H,2-4,7-11,13H2,1H3. The summed E-state index contributed by atoms with van der Waals surface area (Å²) in [6.45, 7) is 7.80. The van der Waals surface area contributed by atoms with Crippen LogP contribution in [-0.4, -0.2) is 67.1 Å². The molecule has 0 spiro atoms. The van der Waals surface area contributed by atoms with E-state index in [9.17, 15) is 4.79 Å². The molecule has 3 saturated heterocycles. The fourth-order valence-electron chi connectivity index (χ4n) is 5.93.